The van der Waals surface area contributed by atoms with Gasteiger partial charge in [-0.3, -0.25) is 0 Å². The summed E-state index contributed by atoms with van der Waals surface area (Å²) in [7, 11) is 0. The van der Waals surface area contributed by atoms with E-state index >= 15 is 0 Å². The van der Waals surface area contributed by atoms with E-state index < -0.39 is 0 Å². The molecule has 0 aromatic heterocycles. The summed E-state index contributed by atoms with van der Waals surface area (Å²) in [5.41, 5.74) is 4.27. The van der Waals surface area contributed by atoms with Gasteiger partial charge in [-0.25, -0.2) is 0 Å². The Morgan fingerprint density at radius 2 is 1.86 bits per heavy atom. The quantitative estimate of drug-likeness (QED) is 0.770. The van der Waals surface area contributed by atoms with Crippen LogP contribution in [0.1, 0.15) is 55.2 Å². The lowest BCUT2D eigenvalue weighted by molar-refractivity contribution is 0.365. The summed E-state index contributed by atoms with van der Waals surface area (Å²) in [6, 6.07) is 6.65. The molecule has 21 heavy (non-hydrogen) atoms. The summed E-state index contributed by atoms with van der Waals surface area (Å²) in [5.74, 6) is 7.80. The van der Waals surface area contributed by atoms with E-state index in [4.69, 9.17) is 0 Å². The minimum atomic E-state index is 0. The molecule has 1 heterocycles. The largest absolute Gasteiger partial charge is 0.316 e. The lowest BCUT2D eigenvalue weighted by Gasteiger charge is -2.18. The molecule has 0 amide bonds. The van der Waals surface area contributed by atoms with Gasteiger partial charge in [0.05, 0.1) is 0 Å². The second-order valence-corrected chi connectivity index (χ2v) is 6.20. The van der Waals surface area contributed by atoms with Crippen molar-refractivity contribution in [3.05, 3.63) is 34.9 Å². The van der Waals surface area contributed by atoms with Crippen molar-refractivity contribution in [2.45, 2.75) is 51.4 Å². The number of nitrogens with one attached hydrogen (secondary N) is 1. The Morgan fingerprint density at radius 1 is 1.05 bits per heavy atom. The van der Waals surface area contributed by atoms with Crippen LogP contribution in [0.3, 0.4) is 0 Å². The SMILES string of the molecule is C(#Cc1cccc2c1CCNCC2)CC1CCCCC1.Cl. The first-order valence-corrected chi connectivity index (χ1v) is 8.24. The normalized spacial score (nSPS) is 18.7. The molecular weight excluding hydrogens is 278 g/mol. The molecule has 1 N–H and O–H groups in total. The van der Waals surface area contributed by atoms with E-state index in [0.29, 0.717) is 0 Å². The first kappa shape index (κ1) is 16.4. The fourth-order valence-electron chi connectivity index (χ4n) is 3.52. The third kappa shape index (κ3) is 4.50. The third-order valence-corrected chi connectivity index (χ3v) is 4.73. The van der Waals surface area contributed by atoms with E-state index in [0.717, 1.165) is 38.3 Å². The Kier molecular flexibility index (Phi) is 6.61. The smallest absolute Gasteiger partial charge is 0.0280 e. The molecule has 1 aliphatic carbocycles. The zero-order chi connectivity index (χ0) is 13.6. The Morgan fingerprint density at radius 3 is 2.71 bits per heavy atom. The highest BCUT2D eigenvalue weighted by atomic mass is 35.5. The van der Waals surface area contributed by atoms with Crippen molar-refractivity contribution in [3.63, 3.8) is 0 Å². The minimum absolute atomic E-state index is 0. The van der Waals surface area contributed by atoms with Crippen LogP contribution in [0.25, 0.3) is 0 Å². The average Bonchev–Trinajstić information content (AvgIpc) is 2.74. The zero-order valence-electron chi connectivity index (χ0n) is 12.8. The maximum Gasteiger partial charge on any atom is 0.0280 e. The summed E-state index contributed by atoms with van der Waals surface area (Å²) < 4.78 is 0. The van der Waals surface area contributed by atoms with Crippen molar-refractivity contribution < 1.29 is 0 Å². The molecule has 0 saturated heterocycles. The lowest BCUT2D eigenvalue weighted by Crippen LogP contribution is -2.16. The summed E-state index contributed by atoms with van der Waals surface area (Å²) in [4.78, 5) is 0. The van der Waals surface area contributed by atoms with Gasteiger partial charge in [-0.15, -0.1) is 12.4 Å². The molecule has 2 aliphatic rings. The fraction of sp³-hybridized carbons (Fsp3) is 0.579. The Bertz CT molecular complexity index is 506. The van der Waals surface area contributed by atoms with Crippen LogP contribution < -0.4 is 5.32 Å². The van der Waals surface area contributed by atoms with Gasteiger partial charge < -0.3 is 5.32 Å². The molecule has 0 radical (unpaired) electrons. The number of hydrogen-bond acceptors (Lipinski definition) is 1. The first-order valence-electron chi connectivity index (χ1n) is 8.24. The van der Waals surface area contributed by atoms with Crippen LogP contribution >= 0.6 is 12.4 Å². The van der Waals surface area contributed by atoms with Gasteiger partial charge in [-0.1, -0.05) is 43.2 Å². The topological polar surface area (TPSA) is 12.0 Å². The molecule has 1 aromatic rings. The first-order chi connectivity index (χ1) is 9.93. The third-order valence-electron chi connectivity index (χ3n) is 4.73. The van der Waals surface area contributed by atoms with Crippen LogP contribution in [-0.4, -0.2) is 13.1 Å². The number of benzene rings is 1. The van der Waals surface area contributed by atoms with Crippen molar-refractivity contribution >= 4 is 12.4 Å². The maximum absolute atomic E-state index is 3.48. The molecule has 1 fully saturated rings. The minimum Gasteiger partial charge on any atom is -0.316 e. The molecule has 1 aliphatic heterocycles. The second kappa shape index (κ2) is 8.47. The van der Waals surface area contributed by atoms with Crippen LogP contribution in [0.5, 0.6) is 0 Å². The van der Waals surface area contributed by atoms with Gasteiger partial charge in [0.15, 0.2) is 0 Å². The van der Waals surface area contributed by atoms with Gasteiger partial charge in [0.1, 0.15) is 0 Å². The van der Waals surface area contributed by atoms with Crippen molar-refractivity contribution in [1.82, 2.24) is 5.32 Å². The van der Waals surface area contributed by atoms with Gasteiger partial charge in [0.25, 0.3) is 0 Å². The molecule has 2 heteroatoms. The highest BCUT2D eigenvalue weighted by Gasteiger charge is 2.12. The van der Waals surface area contributed by atoms with E-state index in [1.54, 1.807) is 0 Å². The Hall–Kier alpha value is -0.970. The molecule has 1 nitrogen and oxygen atoms in total. The number of fused-ring (bicyclic) bond motifs is 1. The van der Waals surface area contributed by atoms with Gasteiger partial charge in [-0.2, -0.15) is 0 Å². The van der Waals surface area contributed by atoms with Gasteiger partial charge in [-0.05, 0) is 61.9 Å². The standard InChI is InChI=1S/C19H25N.ClH/c1-2-6-16(7-3-1)8-4-9-17-10-5-11-18-12-14-20-15-13-19(17)18;/h5,10-11,16,20H,1-3,6-8,12-15H2;1H. The predicted octanol–water partition coefficient (Wildman–Crippen LogP) is 4.12. The van der Waals surface area contributed by atoms with E-state index in [-0.39, 0.29) is 12.4 Å². The van der Waals surface area contributed by atoms with E-state index in [2.05, 4.69) is 35.4 Å². The molecule has 114 valence electrons. The van der Waals surface area contributed by atoms with Crippen molar-refractivity contribution in [2.24, 2.45) is 5.92 Å². The van der Waals surface area contributed by atoms with Gasteiger partial charge >= 0.3 is 0 Å². The predicted molar refractivity (Wildman–Crippen MR) is 92.0 cm³/mol. The van der Waals surface area contributed by atoms with Crippen molar-refractivity contribution in [3.8, 4) is 11.8 Å². The molecule has 3 rings (SSSR count). The zero-order valence-corrected chi connectivity index (χ0v) is 13.6. The maximum atomic E-state index is 3.48. The van der Waals surface area contributed by atoms with Gasteiger partial charge in [0.2, 0.25) is 0 Å². The van der Waals surface area contributed by atoms with Crippen LogP contribution in [0, 0.1) is 17.8 Å². The Labute approximate surface area is 135 Å². The molecule has 0 unspecified atom stereocenters. The number of halogens is 1. The van der Waals surface area contributed by atoms with Gasteiger partial charge in [0, 0.05) is 12.0 Å². The molecule has 0 bridgehead atoms. The molecule has 1 aromatic carbocycles. The van der Waals surface area contributed by atoms with Crippen LogP contribution in [0.4, 0.5) is 0 Å². The Balaban J connectivity index is 0.00000161. The molecule has 0 spiro atoms. The summed E-state index contributed by atoms with van der Waals surface area (Å²) in [5, 5.41) is 3.48. The van der Waals surface area contributed by atoms with Crippen LogP contribution in [0.2, 0.25) is 0 Å². The second-order valence-electron chi connectivity index (χ2n) is 6.20. The molecular formula is C19H26ClN. The number of rotatable bonds is 1. The van der Waals surface area contributed by atoms with Crippen LogP contribution in [-0.2, 0) is 12.8 Å². The van der Waals surface area contributed by atoms with E-state index in [9.17, 15) is 0 Å². The van der Waals surface area contributed by atoms with Crippen LogP contribution in [0.15, 0.2) is 18.2 Å². The number of hydrogen-bond donors (Lipinski definition) is 1. The summed E-state index contributed by atoms with van der Waals surface area (Å²) in [6.45, 7) is 2.19. The van der Waals surface area contributed by atoms with E-state index in [1.807, 2.05) is 0 Å². The molecule has 1 saturated carbocycles. The summed E-state index contributed by atoms with van der Waals surface area (Å²) >= 11 is 0. The average molecular weight is 304 g/mol. The molecule has 0 atom stereocenters. The van der Waals surface area contributed by atoms with E-state index in [1.165, 1.54) is 48.8 Å². The highest BCUT2D eigenvalue weighted by molar-refractivity contribution is 5.85. The lowest BCUT2D eigenvalue weighted by atomic mass is 9.87. The fourth-order valence-corrected chi connectivity index (χ4v) is 3.52. The van der Waals surface area contributed by atoms with Crippen molar-refractivity contribution in [1.29, 1.82) is 0 Å². The highest BCUT2D eigenvalue weighted by Crippen LogP contribution is 2.26. The summed E-state index contributed by atoms with van der Waals surface area (Å²) in [6.07, 6.45) is 10.4. The van der Waals surface area contributed by atoms with Crippen molar-refractivity contribution in [2.75, 3.05) is 13.1 Å². The monoisotopic (exact) mass is 303 g/mol.